The van der Waals surface area contributed by atoms with Crippen LogP contribution in [-0.4, -0.2) is 72.4 Å². The number of benzene rings is 6. The topological polar surface area (TPSA) is 152 Å². The summed E-state index contributed by atoms with van der Waals surface area (Å²) in [6.07, 6.45) is 5.48. The number of nitrogens with one attached hydrogen (secondary N) is 1. The Morgan fingerprint density at radius 3 is 1.11 bits per heavy atom. The zero-order valence-corrected chi connectivity index (χ0v) is 47.4. The van der Waals surface area contributed by atoms with Crippen LogP contribution in [0.3, 0.4) is 0 Å². The van der Waals surface area contributed by atoms with E-state index in [0.717, 1.165) is 70.7 Å². The molecule has 0 aliphatic heterocycles. The first-order chi connectivity index (χ1) is 36.5. The highest BCUT2D eigenvalue weighted by atomic mass is 79.9. The molecule has 390 valence electrons. The van der Waals surface area contributed by atoms with E-state index in [-0.39, 0.29) is 0 Å². The van der Waals surface area contributed by atoms with E-state index in [0.29, 0.717) is 45.1 Å². The van der Waals surface area contributed by atoms with Gasteiger partial charge in [-0.25, -0.2) is 4.68 Å². The number of aromatic amines is 1. The number of methoxy groups -OCH3 is 6. The first kappa shape index (κ1) is 55.3. The maximum atomic E-state index is 5.33. The fourth-order valence-corrected chi connectivity index (χ4v) is 9.09. The fraction of sp³-hybridized carbons (Fsp3) is 0.211. The molecule has 0 unspecified atom stereocenters. The minimum Gasteiger partial charge on any atom is -0.497 e. The molecule has 0 aliphatic carbocycles. The average molecular weight is 1210 g/mol. The summed E-state index contributed by atoms with van der Waals surface area (Å²) in [5.41, 5.74) is 12.3. The van der Waals surface area contributed by atoms with Gasteiger partial charge in [-0.1, -0.05) is 72.8 Å². The molecule has 9 aromatic rings. The number of hydrogen-bond acceptors (Lipinski definition) is 12. The van der Waals surface area contributed by atoms with Crippen molar-refractivity contribution in [2.45, 2.75) is 39.3 Å². The quantitative estimate of drug-likeness (QED) is 0.0747. The fourth-order valence-electron chi connectivity index (χ4n) is 7.79. The minimum absolute atomic E-state index is 0.569. The first-order valence-corrected chi connectivity index (χ1v) is 26.0. The Bertz CT molecular complexity index is 3000. The number of anilines is 3. The number of rotatable bonds is 20. The molecule has 15 nitrogen and oxygen atoms in total. The zero-order chi connectivity index (χ0) is 53.1. The van der Waals surface area contributed by atoms with Gasteiger partial charge in [-0.2, -0.15) is 15.3 Å². The van der Waals surface area contributed by atoms with Gasteiger partial charge in [-0.3, -0.25) is 9.78 Å². The predicted molar refractivity (Wildman–Crippen MR) is 306 cm³/mol. The van der Waals surface area contributed by atoms with E-state index in [4.69, 9.17) is 39.3 Å². The zero-order valence-electron chi connectivity index (χ0n) is 42.6. The number of aromatic nitrogens is 6. The molecular weight excluding hydrogens is 1150 g/mol. The van der Waals surface area contributed by atoms with Gasteiger partial charge in [0.15, 0.2) is 5.82 Å². The molecule has 0 saturated heterocycles. The van der Waals surface area contributed by atoms with Gasteiger partial charge in [0.1, 0.15) is 46.1 Å². The summed E-state index contributed by atoms with van der Waals surface area (Å²) in [6.45, 7) is 4.14. The highest BCUT2D eigenvalue weighted by Crippen LogP contribution is 2.32. The number of halogens is 3. The molecule has 3 N–H and O–H groups in total. The monoisotopic (exact) mass is 1200 g/mol. The molecule has 0 bridgehead atoms. The third kappa shape index (κ3) is 16.0. The molecule has 6 aromatic carbocycles. The van der Waals surface area contributed by atoms with E-state index in [2.05, 4.69) is 146 Å². The van der Waals surface area contributed by atoms with Crippen molar-refractivity contribution in [2.24, 2.45) is 0 Å². The Morgan fingerprint density at radius 1 is 0.440 bits per heavy atom. The van der Waals surface area contributed by atoms with E-state index < -0.39 is 0 Å². The molecule has 0 atom stereocenters. The summed E-state index contributed by atoms with van der Waals surface area (Å²) in [4.78, 5) is 4.59. The van der Waals surface area contributed by atoms with Crippen molar-refractivity contribution in [3.63, 3.8) is 0 Å². The molecule has 3 heterocycles. The molecule has 0 aliphatic rings. The smallest absolute Gasteiger partial charge is 0.165 e. The van der Waals surface area contributed by atoms with Crippen LogP contribution in [0, 0.1) is 0 Å². The molecule has 18 heteroatoms. The van der Waals surface area contributed by atoms with Crippen LogP contribution < -0.4 is 44.0 Å². The van der Waals surface area contributed by atoms with Crippen molar-refractivity contribution < 1.29 is 28.4 Å². The van der Waals surface area contributed by atoms with E-state index in [1.165, 1.54) is 22.3 Å². The first-order valence-electron chi connectivity index (χ1n) is 23.6. The Hall–Kier alpha value is -7.41. The van der Waals surface area contributed by atoms with Crippen molar-refractivity contribution >= 4 is 65.2 Å². The molecule has 9 rings (SSSR count). The number of nitrogens with zero attached hydrogens (tertiary/aromatic N) is 7. The lowest BCUT2D eigenvalue weighted by Crippen LogP contribution is -2.25. The van der Waals surface area contributed by atoms with Gasteiger partial charge in [0.2, 0.25) is 0 Å². The standard InChI is InChI=1S/2C27H28BrN3O3.C3H4BrN3/c1-32-23-10-4-20(5-11-23)17-30(18-21-6-12-24(33-2)13-7-21)27-26(28)16-29-31(27)19-22-8-14-25(34-3)15-9-22;1-32-23-10-4-20(5-11-23)16-30(17-21-6-12-24(33-2)13-7-21)27-26(28)19-31(29-27)18-22-8-14-25(34-3)15-9-22;4-2-1-6-7-3(2)5/h4-16H,17-19H2,1-3H3;4-15,19H,16-18H2,1-3H3;1H,(H3,5,6,7). The van der Waals surface area contributed by atoms with Crippen molar-refractivity contribution in [3.8, 4) is 34.5 Å². The number of hydrogen-bond donors (Lipinski definition) is 2. The predicted octanol–water partition coefficient (Wildman–Crippen LogP) is 12.6. The van der Waals surface area contributed by atoms with E-state index in [1.807, 2.05) is 94.6 Å². The average Bonchev–Trinajstić information content (AvgIpc) is 4.14. The summed E-state index contributed by atoms with van der Waals surface area (Å²) in [6, 6.07) is 48.7. The molecule has 0 radical (unpaired) electrons. The second-order valence-corrected chi connectivity index (χ2v) is 19.5. The Labute approximate surface area is 463 Å². The third-order valence-electron chi connectivity index (χ3n) is 11.8. The highest BCUT2D eigenvalue weighted by Gasteiger charge is 2.20. The van der Waals surface area contributed by atoms with E-state index >= 15 is 0 Å². The van der Waals surface area contributed by atoms with Gasteiger partial charge in [0, 0.05) is 32.4 Å². The lowest BCUT2D eigenvalue weighted by atomic mass is 10.1. The second kappa shape index (κ2) is 27.8. The summed E-state index contributed by atoms with van der Waals surface area (Å²) >= 11 is 10.6. The maximum Gasteiger partial charge on any atom is 0.165 e. The van der Waals surface area contributed by atoms with Crippen LogP contribution in [-0.2, 0) is 39.3 Å². The normalized spacial score (nSPS) is 10.6. The van der Waals surface area contributed by atoms with Crippen LogP contribution in [0.1, 0.15) is 33.4 Å². The number of H-pyrrole nitrogens is 1. The molecule has 3 aromatic heterocycles. The van der Waals surface area contributed by atoms with Gasteiger partial charge in [-0.15, -0.1) is 0 Å². The van der Waals surface area contributed by atoms with Crippen molar-refractivity contribution in [2.75, 3.05) is 58.2 Å². The molecule has 0 amide bonds. The summed E-state index contributed by atoms with van der Waals surface area (Å²) in [5, 5.41) is 15.8. The van der Waals surface area contributed by atoms with Crippen molar-refractivity contribution in [3.05, 3.63) is 211 Å². The van der Waals surface area contributed by atoms with Gasteiger partial charge in [0.05, 0.1) is 81.6 Å². The third-order valence-corrected chi connectivity index (χ3v) is 13.6. The van der Waals surface area contributed by atoms with Gasteiger partial charge in [-0.05, 0) is 154 Å². The Kier molecular flexibility index (Phi) is 20.5. The Morgan fingerprint density at radius 2 is 0.787 bits per heavy atom. The van der Waals surface area contributed by atoms with Gasteiger partial charge in [0.25, 0.3) is 0 Å². The number of nitrogen functional groups attached to an aromatic ring is 1. The number of ether oxygens (including phenoxy) is 6. The van der Waals surface area contributed by atoms with Gasteiger partial charge < -0.3 is 44.0 Å². The van der Waals surface area contributed by atoms with Crippen LogP contribution in [0.15, 0.2) is 178 Å². The van der Waals surface area contributed by atoms with Crippen LogP contribution >= 0.6 is 47.8 Å². The highest BCUT2D eigenvalue weighted by molar-refractivity contribution is 9.11. The number of nitrogens with two attached hydrogens (primary N) is 1. The van der Waals surface area contributed by atoms with Crippen molar-refractivity contribution in [1.29, 1.82) is 0 Å². The second-order valence-electron chi connectivity index (χ2n) is 16.9. The summed E-state index contributed by atoms with van der Waals surface area (Å²) < 4.78 is 38.5. The van der Waals surface area contributed by atoms with Crippen LogP contribution in [0.25, 0.3) is 0 Å². The largest absolute Gasteiger partial charge is 0.497 e. The van der Waals surface area contributed by atoms with E-state index in [9.17, 15) is 0 Å². The van der Waals surface area contributed by atoms with Crippen LogP contribution in [0.5, 0.6) is 34.5 Å². The van der Waals surface area contributed by atoms with E-state index in [1.54, 1.807) is 48.9 Å². The maximum absolute atomic E-state index is 5.33. The molecular formula is C57H60Br3N9O6. The lowest BCUT2D eigenvalue weighted by molar-refractivity contribution is 0.414. The molecule has 0 spiro atoms. The minimum atomic E-state index is 0.569. The Balaban J connectivity index is 0.000000193. The molecule has 0 saturated carbocycles. The lowest BCUT2D eigenvalue weighted by Gasteiger charge is -2.26. The summed E-state index contributed by atoms with van der Waals surface area (Å²) in [5.74, 6) is 7.53. The SMILES string of the molecule is COc1ccc(CN(Cc2ccc(OC)cc2)c2c(Br)cnn2Cc2ccc(OC)cc2)cc1.COc1ccc(CN(Cc2ccc(OC)cc2)c2nn(Cc3ccc(OC)cc3)cc2Br)cc1.Nc1[nH]ncc1Br. The van der Waals surface area contributed by atoms with Crippen LogP contribution in [0.2, 0.25) is 0 Å². The van der Waals surface area contributed by atoms with Crippen LogP contribution in [0.4, 0.5) is 17.5 Å². The van der Waals surface area contributed by atoms with Crippen molar-refractivity contribution in [1.82, 2.24) is 29.8 Å². The van der Waals surface area contributed by atoms with Gasteiger partial charge >= 0.3 is 0 Å². The summed E-state index contributed by atoms with van der Waals surface area (Å²) in [7, 11) is 10.1. The molecule has 0 fully saturated rings. The molecule has 75 heavy (non-hydrogen) atoms.